The molecule has 2 saturated heterocycles. The lowest BCUT2D eigenvalue weighted by atomic mass is 9.98. The van der Waals surface area contributed by atoms with Gasteiger partial charge in [0.05, 0.1) is 12.6 Å². The molecule has 2 bridgehead atoms. The molecule has 148 heavy (non-hydrogen) atoms. The first-order chi connectivity index (χ1) is 70.4. The highest BCUT2D eigenvalue weighted by Gasteiger charge is 2.41. The molecule has 16 amide bonds. The summed E-state index contributed by atoms with van der Waals surface area (Å²) in [6.07, 6.45) is -0.746. The van der Waals surface area contributed by atoms with Crippen LogP contribution in [-0.4, -0.2) is 292 Å². The van der Waals surface area contributed by atoms with Crippen LogP contribution in [0.1, 0.15) is 121 Å². The van der Waals surface area contributed by atoms with Crippen LogP contribution in [0.2, 0.25) is 0 Å². The molecular formula is C93H139N33O18S4. The Morgan fingerprint density at radius 2 is 0.804 bits per heavy atom. The normalized spacial score (nSPS) is 22.3. The number of amides is 16. The molecule has 1 aromatic heterocycles. The van der Waals surface area contributed by atoms with E-state index in [1.165, 1.54) is 62.4 Å². The van der Waals surface area contributed by atoms with Crippen LogP contribution in [0.15, 0.2) is 109 Å². The maximum absolute atomic E-state index is 15.7. The molecule has 0 radical (unpaired) electrons. The number of guanidine groups is 5. The fourth-order valence-electron chi connectivity index (χ4n) is 15.3. The Hall–Kier alpha value is -14.8. The Balaban J connectivity index is 1.45. The SMILES string of the molecule is CC[C@H](C)[C@@H]1NC(=O)CNC(=O)[C@H](CCCNC(=N)N)NC(=O)[C@H](Cc2ccc(O)cc2)NC(=O)[C@@H]2CSSC[C@H](NC1=O)C(=O)N[C@@H](Cc1ccc(O)cc1)C(=O)N[C@@H](CCCNC(=N)N)C(=O)N[C@@H](CCCNC(=N)N)C(=O)N[C@H](C(=O)N[C@@H](CCCNC(=N)N)C(N)=O)CSSC[C@H](NC(=O)[C@@H](N)Cc1c[nH]c3ccccc13)C(=O)N[C@@H](Cc1ccccc1)C(=O)N[C@@H](CCCNC(=N)N)C(=O)N[C@@H](C(C)C)C(=O)N2. The van der Waals surface area contributed by atoms with Crippen LogP contribution in [0.5, 0.6) is 11.5 Å². The number of H-pyrrole nitrogens is 1. The molecule has 2 fully saturated rings. The number of hydrogen-bond acceptors (Lipinski definition) is 28. The number of nitrogens with one attached hydrogen (secondary N) is 26. The second kappa shape index (κ2) is 62.3. The van der Waals surface area contributed by atoms with Crippen LogP contribution in [0.4, 0.5) is 0 Å². The Morgan fingerprint density at radius 3 is 1.25 bits per heavy atom. The van der Waals surface area contributed by atoms with Gasteiger partial charge in [-0.1, -0.05) is 150 Å². The third-order valence-electron chi connectivity index (χ3n) is 23.6. The fraction of sp³-hybridized carbons (Fsp3) is 0.495. The van der Waals surface area contributed by atoms with Crippen molar-refractivity contribution in [3.63, 3.8) is 0 Å². The summed E-state index contributed by atoms with van der Waals surface area (Å²) in [5.74, 6) is -22.9. The van der Waals surface area contributed by atoms with Gasteiger partial charge in [0.15, 0.2) is 29.8 Å². The van der Waals surface area contributed by atoms with E-state index in [0.29, 0.717) is 16.7 Å². The van der Waals surface area contributed by atoms with Gasteiger partial charge in [-0.05, 0) is 135 Å². The van der Waals surface area contributed by atoms with Crippen molar-refractivity contribution in [1.29, 1.82) is 27.0 Å². The molecule has 0 spiro atoms. The van der Waals surface area contributed by atoms with Gasteiger partial charge in [-0.25, -0.2) is 0 Å². The number of benzene rings is 4. The third-order valence-corrected chi connectivity index (χ3v) is 28.5. The molecule has 0 saturated carbocycles. The summed E-state index contributed by atoms with van der Waals surface area (Å²) >= 11 is 0. The number of carbonyl (C=O) groups excluding carboxylic acids is 16. The summed E-state index contributed by atoms with van der Waals surface area (Å²) in [5, 5.41) is 114. The van der Waals surface area contributed by atoms with Crippen molar-refractivity contribution in [2.24, 2.45) is 52.0 Å². The highest BCUT2D eigenvalue weighted by Crippen LogP contribution is 2.28. The summed E-state index contributed by atoms with van der Waals surface area (Å²) < 4.78 is 0. The predicted molar refractivity (Wildman–Crippen MR) is 563 cm³/mol. The number of phenolic OH excluding ortho intramolecular Hbond substituents is 2. The highest BCUT2D eigenvalue weighted by atomic mass is 33.1. The molecule has 808 valence electrons. The lowest BCUT2D eigenvalue weighted by Crippen LogP contribution is -2.62. The van der Waals surface area contributed by atoms with Crippen molar-refractivity contribution in [3.05, 3.63) is 132 Å². The lowest BCUT2D eigenvalue weighted by Gasteiger charge is -2.30. The standard InChI is InChI=1S/C93H139N33O18S4/c1-5-49(4)73-88(144)124-70-47-148-147-46-69(85(141)119-65(39-51-25-29-54(127)30-26-51)80(136)114-60(21-12-34-107-90(98)99)76(132)112-43-71(129)125-73)123-87(143)72(48(2)3)126-79(135)63(24-15-37-110-93(104)105)117-81(137)64(38-50-16-7-6-8-17-50)118-84(140)67(121-75(131)57(94)41-53-42-111-58-19-10-9-18-56(53)58)44-145-146-45-68(83(139)113-59(74(95)130)20-11-33-106-89(96)97)122-78(134)62(23-14-36-109-92(102)103)115-77(133)61(22-13-35-108-91(100)101)116-82(138)66(120-86(70)142)40-52-27-31-55(128)32-28-52/h6-10,16-19,25-32,42,48-49,57,59-70,72-73,111,127-128H,5,11-15,20-24,33-41,43-47,94H2,1-4H3,(H2,95,130)(H,112,132)(H,113,139)(H,114,136)(H,115,133)(H,116,138)(H,117,137)(H,118,140)(H,119,141)(H,120,142)(H,121,131)(H,122,134)(H,123,143)(H,124,144)(H,125,129)(H,126,135)(H4,96,97,106)(H4,98,99,107)(H4,100,101,108)(H4,102,103,109)(H4,104,105,110)/t49-,57-,59-,60-,61-,62-,63-,64-,65-,66-,67-,68-,69-,70-,72-,73-/m0/s1. The first-order valence-corrected chi connectivity index (χ1v) is 53.0. The Labute approximate surface area is 870 Å². The Bertz CT molecular complexity index is 5410. The number of nitrogens with two attached hydrogens (primary N) is 7. The van der Waals surface area contributed by atoms with Gasteiger partial charge in [0, 0.05) is 92.1 Å². The van der Waals surface area contributed by atoms with Crippen molar-refractivity contribution >= 4 is 178 Å². The summed E-state index contributed by atoms with van der Waals surface area (Å²) in [6, 6.07) is 1.49. The minimum absolute atomic E-state index is 0.00993. The average molecular weight is 2140 g/mol. The van der Waals surface area contributed by atoms with Crippen LogP contribution in [-0.2, 0) is 102 Å². The van der Waals surface area contributed by atoms with E-state index in [2.05, 4.69) is 111 Å². The quantitative estimate of drug-likeness (QED) is 0.00769. The van der Waals surface area contributed by atoms with Crippen LogP contribution in [0, 0.1) is 38.9 Å². The smallest absolute Gasteiger partial charge is 0.244 e. The fourth-order valence-corrected chi connectivity index (χ4v) is 20.0. The van der Waals surface area contributed by atoms with Gasteiger partial charge in [-0.3, -0.25) is 104 Å². The zero-order valence-corrected chi connectivity index (χ0v) is 85.8. The van der Waals surface area contributed by atoms with Gasteiger partial charge in [-0.15, -0.1) is 0 Å². The Kier molecular flexibility index (Phi) is 50.6. The van der Waals surface area contributed by atoms with Crippen LogP contribution in [0.3, 0.4) is 0 Å². The summed E-state index contributed by atoms with van der Waals surface area (Å²) in [7, 11) is 3.29. The average Bonchev–Trinajstić information content (AvgIpc) is 1.63. The van der Waals surface area contributed by atoms with Crippen molar-refractivity contribution in [3.8, 4) is 11.5 Å². The molecule has 7 rings (SSSR count). The summed E-state index contributed by atoms with van der Waals surface area (Å²) in [4.78, 5) is 246. The third kappa shape index (κ3) is 42.4. The van der Waals surface area contributed by atoms with E-state index in [1.807, 2.05) is 6.07 Å². The zero-order valence-electron chi connectivity index (χ0n) is 82.5. The van der Waals surface area contributed by atoms with Gasteiger partial charge in [0.1, 0.15) is 96.1 Å². The van der Waals surface area contributed by atoms with Crippen molar-refractivity contribution in [2.75, 3.05) is 62.3 Å². The van der Waals surface area contributed by atoms with Crippen LogP contribution in [0.25, 0.3) is 10.9 Å². The van der Waals surface area contributed by atoms with Crippen molar-refractivity contribution in [1.82, 2.24) is 111 Å². The summed E-state index contributed by atoms with van der Waals surface area (Å²) in [5.41, 5.74) is 43.2. The van der Waals surface area contributed by atoms with E-state index in [4.69, 9.17) is 67.2 Å². The van der Waals surface area contributed by atoms with Crippen LogP contribution < -0.4 is 146 Å². The summed E-state index contributed by atoms with van der Waals surface area (Å²) in [6.45, 7) is 5.25. The van der Waals surface area contributed by atoms with Crippen molar-refractivity contribution < 1.29 is 86.9 Å². The van der Waals surface area contributed by atoms with E-state index >= 15 is 57.5 Å². The molecule has 4 aromatic carbocycles. The number of carbonyl (C=O) groups is 16. The first-order valence-electron chi connectivity index (χ1n) is 48.1. The predicted octanol–water partition coefficient (Wildman–Crippen LogP) is -5.63. The number of fused-ring (bicyclic) bond motifs is 6. The topological polar surface area (TPSA) is 871 Å². The highest BCUT2D eigenvalue weighted by molar-refractivity contribution is 8.77. The maximum atomic E-state index is 15.7. The number of aromatic amines is 1. The van der Waals surface area contributed by atoms with E-state index < -0.39 is 263 Å². The molecule has 2 aliphatic heterocycles. The Morgan fingerprint density at radius 1 is 0.419 bits per heavy atom. The zero-order chi connectivity index (χ0) is 109. The van der Waals surface area contributed by atoms with E-state index in [-0.39, 0.29) is 140 Å². The van der Waals surface area contributed by atoms with E-state index in [1.54, 1.807) is 68.6 Å². The van der Waals surface area contributed by atoms with Gasteiger partial charge in [-0.2, -0.15) is 0 Å². The molecule has 3 heterocycles. The molecule has 51 nitrogen and oxygen atoms in total. The maximum Gasteiger partial charge on any atom is 0.244 e. The number of aromatic hydroxyl groups is 2. The molecular weight excluding hydrogens is 2000 g/mol. The van der Waals surface area contributed by atoms with Gasteiger partial charge < -0.3 is 162 Å². The number of hydrogen-bond donors (Lipinski definition) is 35. The van der Waals surface area contributed by atoms with Gasteiger partial charge in [0.25, 0.3) is 0 Å². The molecule has 2 aliphatic rings. The largest absolute Gasteiger partial charge is 0.508 e. The van der Waals surface area contributed by atoms with Gasteiger partial charge in [0.2, 0.25) is 94.5 Å². The number of primary amides is 1. The molecule has 0 aliphatic carbocycles. The second-order valence-electron chi connectivity index (χ2n) is 35.7. The minimum atomic E-state index is -1.80. The second-order valence-corrected chi connectivity index (χ2v) is 40.8. The number of para-hydroxylation sites is 1. The van der Waals surface area contributed by atoms with E-state index in [9.17, 15) is 29.4 Å². The van der Waals surface area contributed by atoms with E-state index in [0.717, 1.165) is 54.1 Å². The molecule has 42 N–H and O–H groups in total. The molecule has 0 unspecified atom stereocenters. The van der Waals surface area contributed by atoms with Gasteiger partial charge >= 0.3 is 0 Å². The lowest BCUT2D eigenvalue weighted by molar-refractivity contribution is -0.136. The number of phenols is 2. The monoisotopic (exact) mass is 2130 g/mol. The molecule has 16 atom stereocenters. The minimum Gasteiger partial charge on any atom is -0.508 e. The molecule has 5 aromatic rings. The number of aromatic nitrogens is 1. The number of rotatable bonds is 36. The first kappa shape index (κ1) is 120. The molecule has 55 heteroatoms. The van der Waals surface area contributed by atoms with Crippen LogP contribution >= 0.6 is 43.2 Å². The van der Waals surface area contributed by atoms with Crippen molar-refractivity contribution in [2.45, 2.75) is 215 Å².